The van der Waals surface area contributed by atoms with Crippen LogP contribution in [-0.2, 0) is 4.74 Å². The smallest absolute Gasteiger partial charge is 0.123 e. The van der Waals surface area contributed by atoms with Gasteiger partial charge in [0.1, 0.15) is 5.82 Å². The number of hydrogen-bond donors (Lipinski definition) is 1. The van der Waals surface area contributed by atoms with Crippen LogP contribution in [0.5, 0.6) is 0 Å². The second-order valence-electron chi connectivity index (χ2n) is 4.33. The topological polar surface area (TPSA) is 24.5 Å². The van der Waals surface area contributed by atoms with Crippen molar-refractivity contribution in [3.63, 3.8) is 0 Å². The van der Waals surface area contributed by atoms with Crippen LogP contribution in [0.25, 0.3) is 0 Å². The van der Waals surface area contributed by atoms with Crippen LogP contribution in [0, 0.1) is 5.82 Å². The minimum absolute atomic E-state index is 0.0219. The second kappa shape index (κ2) is 6.10. The van der Waals surface area contributed by atoms with Crippen molar-refractivity contribution in [2.45, 2.75) is 6.10 Å². The number of hydrogen-bond acceptors (Lipinski definition) is 3. The molecule has 0 radical (unpaired) electrons. The van der Waals surface area contributed by atoms with Crippen molar-refractivity contribution in [2.75, 3.05) is 39.8 Å². The van der Waals surface area contributed by atoms with Gasteiger partial charge in [0.2, 0.25) is 0 Å². The summed E-state index contributed by atoms with van der Waals surface area (Å²) in [6.07, 6.45) is 0.0219. The summed E-state index contributed by atoms with van der Waals surface area (Å²) in [5.41, 5.74) is 1.03. The maximum absolute atomic E-state index is 12.9. The molecule has 1 aliphatic heterocycles. The fourth-order valence-electron chi connectivity index (χ4n) is 2.12. The number of ether oxygens (including phenoxy) is 1. The Kier molecular flexibility index (Phi) is 4.48. The molecule has 0 aliphatic carbocycles. The lowest BCUT2D eigenvalue weighted by atomic mass is 10.1. The van der Waals surface area contributed by atoms with Gasteiger partial charge in [0.25, 0.3) is 0 Å². The van der Waals surface area contributed by atoms with Gasteiger partial charge in [0.05, 0.1) is 6.10 Å². The summed E-state index contributed by atoms with van der Waals surface area (Å²) in [4.78, 5) is 2.37. The van der Waals surface area contributed by atoms with Crippen molar-refractivity contribution in [3.8, 4) is 0 Å². The Morgan fingerprint density at radius 1 is 1.29 bits per heavy atom. The van der Waals surface area contributed by atoms with E-state index in [-0.39, 0.29) is 11.9 Å². The molecule has 0 spiro atoms. The summed E-state index contributed by atoms with van der Waals surface area (Å²) in [5.74, 6) is -0.203. The standard InChI is InChI=1S/C13H19FN2O/c1-17-13(10-16-8-6-15-7-9-16)11-2-4-12(14)5-3-11/h2-5,13,15H,6-10H2,1H3. The van der Waals surface area contributed by atoms with Crippen LogP contribution in [0.3, 0.4) is 0 Å². The van der Waals surface area contributed by atoms with Gasteiger partial charge >= 0.3 is 0 Å². The number of halogens is 1. The molecule has 4 heteroatoms. The van der Waals surface area contributed by atoms with E-state index in [4.69, 9.17) is 4.74 Å². The van der Waals surface area contributed by atoms with E-state index < -0.39 is 0 Å². The van der Waals surface area contributed by atoms with E-state index >= 15 is 0 Å². The van der Waals surface area contributed by atoms with Crippen molar-refractivity contribution in [1.82, 2.24) is 10.2 Å². The highest BCUT2D eigenvalue weighted by molar-refractivity contribution is 5.19. The summed E-state index contributed by atoms with van der Waals surface area (Å²) in [6.45, 7) is 5.01. The fourth-order valence-corrected chi connectivity index (χ4v) is 2.12. The van der Waals surface area contributed by atoms with Crippen LogP contribution in [0.1, 0.15) is 11.7 Å². The van der Waals surface area contributed by atoms with Gasteiger partial charge in [-0.1, -0.05) is 12.1 Å². The Balaban J connectivity index is 1.97. The van der Waals surface area contributed by atoms with E-state index in [1.54, 1.807) is 19.2 Å². The van der Waals surface area contributed by atoms with Crippen LogP contribution in [0.2, 0.25) is 0 Å². The second-order valence-corrected chi connectivity index (χ2v) is 4.33. The quantitative estimate of drug-likeness (QED) is 0.858. The van der Waals surface area contributed by atoms with Gasteiger partial charge in [-0.3, -0.25) is 4.90 Å². The van der Waals surface area contributed by atoms with Crippen LogP contribution in [-0.4, -0.2) is 44.7 Å². The molecule has 1 unspecified atom stereocenters. The van der Waals surface area contributed by atoms with Crippen molar-refractivity contribution < 1.29 is 9.13 Å². The molecular weight excluding hydrogens is 219 g/mol. The molecular formula is C13H19FN2O. The minimum Gasteiger partial charge on any atom is -0.375 e. The molecule has 1 aromatic rings. The molecule has 1 fully saturated rings. The fraction of sp³-hybridized carbons (Fsp3) is 0.538. The number of nitrogens with one attached hydrogen (secondary N) is 1. The third-order valence-corrected chi connectivity index (χ3v) is 3.16. The molecule has 17 heavy (non-hydrogen) atoms. The molecule has 94 valence electrons. The Hall–Kier alpha value is -0.970. The Bertz CT molecular complexity index is 336. The summed E-state index contributed by atoms with van der Waals surface area (Å²) in [6, 6.07) is 6.57. The van der Waals surface area contributed by atoms with Crippen LogP contribution >= 0.6 is 0 Å². The minimum atomic E-state index is -0.203. The predicted octanol–water partition coefficient (Wildman–Crippen LogP) is 1.42. The average Bonchev–Trinajstić information content (AvgIpc) is 2.38. The lowest BCUT2D eigenvalue weighted by Gasteiger charge is -2.30. The molecule has 0 saturated carbocycles. The molecule has 1 atom stereocenters. The third kappa shape index (κ3) is 3.49. The van der Waals surface area contributed by atoms with Gasteiger partial charge in [-0.15, -0.1) is 0 Å². The zero-order valence-electron chi connectivity index (χ0n) is 10.2. The first-order valence-corrected chi connectivity index (χ1v) is 6.01. The lowest BCUT2D eigenvalue weighted by molar-refractivity contribution is 0.0593. The summed E-state index contributed by atoms with van der Waals surface area (Å²) in [7, 11) is 1.70. The largest absolute Gasteiger partial charge is 0.375 e. The first-order valence-electron chi connectivity index (χ1n) is 6.01. The number of piperazine rings is 1. The molecule has 1 aliphatic rings. The van der Waals surface area contributed by atoms with Crippen LogP contribution in [0.4, 0.5) is 4.39 Å². The zero-order chi connectivity index (χ0) is 12.1. The van der Waals surface area contributed by atoms with Gasteiger partial charge in [0, 0.05) is 39.8 Å². The molecule has 1 saturated heterocycles. The monoisotopic (exact) mass is 238 g/mol. The van der Waals surface area contributed by atoms with E-state index in [0.29, 0.717) is 0 Å². The highest BCUT2D eigenvalue weighted by Crippen LogP contribution is 2.18. The molecule has 1 heterocycles. The van der Waals surface area contributed by atoms with E-state index in [1.807, 2.05) is 0 Å². The number of nitrogens with zero attached hydrogens (tertiary/aromatic N) is 1. The van der Waals surface area contributed by atoms with E-state index in [9.17, 15) is 4.39 Å². The van der Waals surface area contributed by atoms with Crippen LogP contribution in [0.15, 0.2) is 24.3 Å². The normalized spacial score (nSPS) is 19.2. The number of methoxy groups -OCH3 is 1. The number of benzene rings is 1. The van der Waals surface area contributed by atoms with Crippen molar-refractivity contribution >= 4 is 0 Å². The van der Waals surface area contributed by atoms with Gasteiger partial charge < -0.3 is 10.1 Å². The Labute approximate surface area is 102 Å². The Morgan fingerprint density at radius 3 is 2.53 bits per heavy atom. The summed E-state index contributed by atoms with van der Waals surface area (Å²) >= 11 is 0. The highest BCUT2D eigenvalue weighted by atomic mass is 19.1. The third-order valence-electron chi connectivity index (χ3n) is 3.16. The SMILES string of the molecule is COC(CN1CCNCC1)c1ccc(F)cc1. The van der Waals surface area contributed by atoms with Gasteiger partial charge in [-0.05, 0) is 17.7 Å². The first kappa shape index (κ1) is 12.5. The highest BCUT2D eigenvalue weighted by Gasteiger charge is 2.17. The van der Waals surface area contributed by atoms with Gasteiger partial charge in [0.15, 0.2) is 0 Å². The van der Waals surface area contributed by atoms with Crippen molar-refractivity contribution in [1.29, 1.82) is 0 Å². The van der Waals surface area contributed by atoms with E-state index in [2.05, 4.69) is 10.2 Å². The van der Waals surface area contributed by atoms with Crippen molar-refractivity contribution in [2.24, 2.45) is 0 Å². The first-order chi connectivity index (χ1) is 8.29. The van der Waals surface area contributed by atoms with E-state index in [0.717, 1.165) is 38.3 Å². The predicted molar refractivity (Wildman–Crippen MR) is 65.5 cm³/mol. The average molecular weight is 238 g/mol. The Morgan fingerprint density at radius 2 is 1.94 bits per heavy atom. The molecule has 1 N–H and O–H groups in total. The summed E-state index contributed by atoms with van der Waals surface area (Å²) < 4.78 is 18.3. The maximum Gasteiger partial charge on any atom is 0.123 e. The van der Waals surface area contributed by atoms with E-state index in [1.165, 1.54) is 12.1 Å². The molecule has 0 amide bonds. The van der Waals surface area contributed by atoms with Gasteiger partial charge in [-0.25, -0.2) is 4.39 Å². The lowest BCUT2D eigenvalue weighted by Crippen LogP contribution is -2.45. The molecule has 1 aromatic carbocycles. The maximum atomic E-state index is 12.9. The van der Waals surface area contributed by atoms with Crippen molar-refractivity contribution in [3.05, 3.63) is 35.6 Å². The zero-order valence-corrected chi connectivity index (χ0v) is 10.2. The van der Waals surface area contributed by atoms with Gasteiger partial charge in [-0.2, -0.15) is 0 Å². The summed E-state index contributed by atoms with van der Waals surface area (Å²) in [5, 5.41) is 3.32. The molecule has 3 nitrogen and oxygen atoms in total. The van der Waals surface area contributed by atoms with Crippen LogP contribution < -0.4 is 5.32 Å². The number of rotatable bonds is 4. The molecule has 2 rings (SSSR count). The molecule has 0 bridgehead atoms. The molecule has 0 aromatic heterocycles.